The van der Waals surface area contributed by atoms with E-state index >= 15 is 0 Å². The third-order valence-corrected chi connectivity index (χ3v) is 6.47. The lowest BCUT2D eigenvalue weighted by Gasteiger charge is -2.14. The maximum absolute atomic E-state index is 6.23. The van der Waals surface area contributed by atoms with Gasteiger partial charge in [0.05, 0.1) is 11.4 Å². The quantitative estimate of drug-likeness (QED) is 0.219. The molecule has 3 aromatic carbocycles. The number of aromatic nitrogens is 1. The van der Waals surface area contributed by atoms with Crippen LogP contribution in [0.3, 0.4) is 0 Å². The Morgan fingerprint density at radius 1 is 0.821 bits per heavy atom. The molecule has 5 heteroatoms. The van der Waals surface area contributed by atoms with E-state index in [1.54, 1.807) is 0 Å². The number of hydrogen-bond acceptors (Lipinski definition) is 4. The molecule has 1 aliphatic heterocycles. The van der Waals surface area contributed by atoms with Crippen LogP contribution >= 0.6 is 0 Å². The minimum Gasteiger partial charge on any atom is -0.485 e. The van der Waals surface area contributed by atoms with Crippen molar-refractivity contribution in [1.82, 2.24) is 4.98 Å². The molecule has 0 aliphatic carbocycles. The third-order valence-electron chi connectivity index (χ3n) is 6.47. The van der Waals surface area contributed by atoms with Gasteiger partial charge in [-0.2, -0.15) is 0 Å². The highest BCUT2D eigenvalue weighted by Gasteiger charge is 2.16. The molecule has 3 N–H and O–H groups in total. The Morgan fingerprint density at radius 2 is 1.51 bits per heavy atom. The highest BCUT2D eigenvalue weighted by molar-refractivity contribution is 6.10. The van der Waals surface area contributed by atoms with Crippen molar-refractivity contribution < 1.29 is 9.47 Å². The Hall–Kier alpha value is -4.61. The van der Waals surface area contributed by atoms with Crippen molar-refractivity contribution >= 4 is 17.4 Å². The van der Waals surface area contributed by atoms with E-state index in [0.29, 0.717) is 31.3 Å². The SMILES string of the molecule is CC1=CC(/C=C/c2ccc(OCc3ccccc3)c(OCc3ccccc3)c2)=NC/1=C(/CCN)c1ccc[nH]1. The zero-order chi connectivity index (χ0) is 26.9. The molecule has 196 valence electrons. The fourth-order valence-corrected chi connectivity index (χ4v) is 4.49. The number of allylic oxidation sites excluding steroid dienone is 3. The first kappa shape index (κ1) is 26.0. The summed E-state index contributed by atoms with van der Waals surface area (Å²) in [6, 6.07) is 30.3. The second-order valence-electron chi connectivity index (χ2n) is 9.40. The van der Waals surface area contributed by atoms with Gasteiger partial charge in [0.1, 0.15) is 13.2 Å². The average molecular weight is 516 g/mol. The molecule has 5 rings (SSSR count). The van der Waals surface area contributed by atoms with Crippen molar-refractivity contribution in [3.8, 4) is 11.5 Å². The van der Waals surface area contributed by atoms with Crippen LogP contribution in [-0.4, -0.2) is 17.2 Å². The predicted octanol–water partition coefficient (Wildman–Crippen LogP) is 7.35. The molecule has 0 atom stereocenters. The molecule has 2 heterocycles. The maximum atomic E-state index is 6.23. The summed E-state index contributed by atoms with van der Waals surface area (Å²) in [5.41, 5.74) is 14.3. The molecule has 0 unspecified atom stereocenters. The third kappa shape index (κ3) is 6.83. The monoisotopic (exact) mass is 515 g/mol. The summed E-state index contributed by atoms with van der Waals surface area (Å²) in [5, 5.41) is 0. The van der Waals surface area contributed by atoms with E-state index in [1.165, 1.54) is 0 Å². The smallest absolute Gasteiger partial charge is 0.162 e. The van der Waals surface area contributed by atoms with Crippen LogP contribution in [0.5, 0.6) is 11.5 Å². The van der Waals surface area contributed by atoms with Crippen molar-refractivity contribution in [2.45, 2.75) is 26.6 Å². The van der Waals surface area contributed by atoms with Gasteiger partial charge in [0.2, 0.25) is 0 Å². The summed E-state index contributed by atoms with van der Waals surface area (Å²) in [4.78, 5) is 8.22. The van der Waals surface area contributed by atoms with E-state index in [0.717, 1.165) is 51.4 Å². The van der Waals surface area contributed by atoms with Gasteiger partial charge < -0.3 is 20.2 Å². The summed E-state index contributed by atoms with van der Waals surface area (Å²) in [6.45, 7) is 3.59. The number of hydrogen-bond donors (Lipinski definition) is 2. The molecule has 0 fully saturated rings. The largest absolute Gasteiger partial charge is 0.485 e. The normalized spacial score (nSPS) is 14.3. The summed E-state index contributed by atoms with van der Waals surface area (Å²) in [5.74, 6) is 1.41. The molecule has 5 nitrogen and oxygen atoms in total. The van der Waals surface area contributed by atoms with Crippen molar-refractivity contribution in [2.24, 2.45) is 10.7 Å². The van der Waals surface area contributed by atoms with Gasteiger partial charge in [0.25, 0.3) is 0 Å². The highest BCUT2D eigenvalue weighted by Crippen LogP contribution is 2.32. The number of rotatable bonds is 11. The molecule has 0 saturated carbocycles. The standard InChI is InChI=1S/C34H33N3O2/c1-25-21-29(37-34(25)30(18-19-35)31-13-8-20-36-31)16-14-26-15-17-32(38-23-27-9-4-2-5-10-27)33(22-26)39-24-28-11-6-3-7-12-28/h2-17,20-22,36H,18-19,23-24,35H2,1H3/b16-14+,34-30-. The molecular weight excluding hydrogens is 482 g/mol. The Labute approximate surface area is 230 Å². The number of nitrogens with zero attached hydrogens (tertiary/aromatic N) is 1. The van der Waals surface area contributed by atoms with Crippen molar-refractivity contribution in [3.05, 3.63) is 143 Å². The first-order valence-corrected chi connectivity index (χ1v) is 13.2. The lowest BCUT2D eigenvalue weighted by molar-refractivity contribution is 0.256. The summed E-state index contributed by atoms with van der Waals surface area (Å²) >= 11 is 0. The summed E-state index contributed by atoms with van der Waals surface area (Å²) in [6.07, 6.45) is 8.88. The molecular formula is C34H33N3O2. The van der Waals surface area contributed by atoms with Gasteiger partial charge in [-0.1, -0.05) is 72.8 Å². The van der Waals surface area contributed by atoms with Crippen LogP contribution in [0.25, 0.3) is 11.6 Å². The van der Waals surface area contributed by atoms with Crippen LogP contribution in [0.4, 0.5) is 0 Å². The number of aromatic amines is 1. The number of nitrogens with two attached hydrogens (primary N) is 1. The van der Waals surface area contributed by atoms with Gasteiger partial charge in [0, 0.05) is 17.5 Å². The first-order chi connectivity index (χ1) is 19.2. The molecule has 0 radical (unpaired) electrons. The van der Waals surface area contributed by atoms with Gasteiger partial charge in [-0.3, -0.25) is 0 Å². The number of H-pyrrole nitrogens is 1. The van der Waals surface area contributed by atoms with E-state index < -0.39 is 0 Å². The van der Waals surface area contributed by atoms with Crippen LogP contribution in [-0.2, 0) is 13.2 Å². The average Bonchev–Trinajstić information content (AvgIpc) is 3.64. The van der Waals surface area contributed by atoms with Crippen LogP contribution < -0.4 is 15.2 Å². The minimum absolute atomic E-state index is 0.459. The molecule has 0 amide bonds. The van der Waals surface area contributed by atoms with Gasteiger partial charge in [-0.15, -0.1) is 0 Å². The summed E-state index contributed by atoms with van der Waals surface area (Å²) < 4.78 is 12.4. The lowest BCUT2D eigenvalue weighted by Crippen LogP contribution is -2.02. The van der Waals surface area contributed by atoms with Crippen LogP contribution in [0, 0.1) is 0 Å². The van der Waals surface area contributed by atoms with Crippen molar-refractivity contribution in [2.75, 3.05) is 6.54 Å². The maximum Gasteiger partial charge on any atom is 0.162 e. The van der Waals surface area contributed by atoms with Crippen LogP contribution in [0.2, 0.25) is 0 Å². The highest BCUT2D eigenvalue weighted by atomic mass is 16.5. The van der Waals surface area contributed by atoms with E-state index in [-0.39, 0.29) is 0 Å². The lowest BCUT2D eigenvalue weighted by atomic mass is 10.0. The minimum atomic E-state index is 0.459. The van der Waals surface area contributed by atoms with Gasteiger partial charge >= 0.3 is 0 Å². The van der Waals surface area contributed by atoms with E-state index in [1.807, 2.05) is 72.9 Å². The first-order valence-electron chi connectivity index (χ1n) is 13.2. The molecule has 0 spiro atoms. The zero-order valence-electron chi connectivity index (χ0n) is 22.1. The molecule has 4 aromatic rings. The van der Waals surface area contributed by atoms with Crippen LogP contribution in [0.15, 0.2) is 126 Å². The predicted molar refractivity (Wildman–Crippen MR) is 160 cm³/mol. The molecule has 0 saturated heterocycles. The Balaban J connectivity index is 1.37. The second-order valence-corrected chi connectivity index (χ2v) is 9.40. The number of benzene rings is 3. The molecule has 39 heavy (non-hydrogen) atoms. The number of nitrogens with one attached hydrogen (secondary N) is 1. The summed E-state index contributed by atoms with van der Waals surface area (Å²) in [7, 11) is 0. The van der Waals surface area contributed by atoms with E-state index in [2.05, 4.69) is 54.4 Å². The fraction of sp³-hybridized carbons (Fsp3) is 0.147. The van der Waals surface area contributed by atoms with Gasteiger partial charge in [-0.05, 0) is 78.6 Å². The Kier molecular flexibility index (Phi) is 8.51. The fourth-order valence-electron chi connectivity index (χ4n) is 4.49. The van der Waals surface area contributed by atoms with E-state index in [9.17, 15) is 0 Å². The van der Waals surface area contributed by atoms with Crippen molar-refractivity contribution in [1.29, 1.82) is 0 Å². The molecule has 1 aliphatic rings. The van der Waals surface area contributed by atoms with Gasteiger partial charge in [0.15, 0.2) is 11.5 Å². The number of aliphatic imine (C=N–C) groups is 1. The van der Waals surface area contributed by atoms with E-state index in [4.69, 9.17) is 20.2 Å². The molecule has 1 aromatic heterocycles. The van der Waals surface area contributed by atoms with Gasteiger partial charge in [-0.25, -0.2) is 4.99 Å². The number of ether oxygens (including phenoxy) is 2. The second kappa shape index (κ2) is 12.8. The van der Waals surface area contributed by atoms with Crippen LogP contribution in [0.1, 0.15) is 35.7 Å². The molecule has 0 bridgehead atoms. The van der Waals surface area contributed by atoms with Crippen molar-refractivity contribution in [3.63, 3.8) is 0 Å². The zero-order valence-corrected chi connectivity index (χ0v) is 22.1. The Bertz CT molecular complexity index is 1500. The topological polar surface area (TPSA) is 72.6 Å². The Morgan fingerprint density at radius 3 is 2.15 bits per heavy atom.